The van der Waals surface area contributed by atoms with E-state index in [1.54, 1.807) is 18.3 Å². The molecule has 0 saturated heterocycles. The summed E-state index contributed by atoms with van der Waals surface area (Å²) in [6.07, 6.45) is 5.13. The number of aromatic nitrogens is 1. The maximum absolute atomic E-state index is 11.4. The van der Waals surface area contributed by atoms with Crippen molar-refractivity contribution in [2.45, 2.75) is 31.7 Å². The van der Waals surface area contributed by atoms with Crippen molar-refractivity contribution >= 4 is 11.7 Å². The fourth-order valence-electron chi connectivity index (χ4n) is 1.59. The van der Waals surface area contributed by atoms with Crippen LogP contribution in [0.15, 0.2) is 18.3 Å². The average Bonchev–Trinajstić information content (AvgIpc) is 3.19. The Labute approximate surface area is 106 Å². The van der Waals surface area contributed by atoms with E-state index in [1.807, 2.05) is 0 Å². The van der Waals surface area contributed by atoms with Crippen molar-refractivity contribution < 1.29 is 4.79 Å². The summed E-state index contributed by atoms with van der Waals surface area (Å²) >= 11 is 0. The number of nitriles is 1. The number of amides is 1. The molecule has 1 aromatic heterocycles. The number of rotatable bonds is 6. The summed E-state index contributed by atoms with van der Waals surface area (Å²) in [4.78, 5) is 15.5. The van der Waals surface area contributed by atoms with Crippen LogP contribution in [0.4, 0.5) is 5.82 Å². The van der Waals surface area contributed by atoms with Crippen LogP contribution in [0.3, 0.4) is 0 Å². The van der Waals surface area contributed by atoms with Gasteiger partial charge in [0, 0.05) is 25.2 Å². The molecule has 18 heavy (non-hydrogen) atoms. The van der Waals surface area contributed by atoms with Crippen molar-refractivity contribution in [3.8, 4) is 6.07 Å². The van der Waals surface area contributed by atoms with E-state index in [1.165, 1.54) is 0 Å². The molecule has 0 radical (unpaired) electrons. The molecule has 0 aromatic carbocycles. The minimum atomic E-state index is 0.123. The van der Waals surface area contributed by atoms with Gasteiger partial charge in [-0.1, -0.05) is 0 Å². The zero-order chi connectivity index (χ0) is 12.8. The number of carbonyl (C=O) groups excluding carboxylic acids is 1. The van der Waals surface area contributed by atoms with Crippen molar-refractivity contribution in [1.29, 1.82) is 5.26 Å². The molecular formula is C13H16N4O. The second-order valence-electron chi connectivity index (χ2n) is 4.41. The van der Waals surface area contributed by atoms with E-state index in [-0.39, 0.29) is 5.91 Å². The van der Waals surface area contributed by atoms with Gasteiger partial charge in [-0.3, -0.25) is 4.79 Å². The van der Waals surface area contributed by atoms with E-state index in [0.29, 0.717) is 30.4 Å². The number of anilines is 1. The smallest absolute Gasteiger partial charge is 0.220 e. The van der Waals surface area contributed by atoms with Crippen LogP contribution in [0.5, 0.6) is 0 Å². The van der Waals surface area contributed by atoms with Gasteiger partial charge < -0.3 is 10.6 Å². The molecule has 1 amide bonds. The Kier molecular flexibility index (Phi) is 4.13. The van der Waals surface area contributed by atoms with E-state index >= 15 is 0 Å². The van der Waals surface area contributed by atoms with E-state index in [2.05, 4.69) is 21.7 Å². The van der Waals surface area contributed by atoms with Gasteiger partial charge in [0.1, 0.15) is 5.82 Å². The molecule has 2 rings (SSSR count). The highest BCUT2D eigenvalue weighted by Gasteiger charge is 2.22. The molecule has 5 heteroatoms. The molecule has 1 saturated carbocycles. The molecule has 94 valence electrons. The van der Waals surface area contributed by atoms with E-state index < -0.39 is 0 Å². The first kappa shape index (κ1) is 12.4. The van der Waals surface area contributed by atoms with Gasteiger partial charge >= 0.3 is 0 Å². The summed E-state index contributed by atoms with van der Waals surface area (Å²) in [7, 11) is 0. The fourth-order valence-corrected chi connectivity index (χ4v) is 1.59. The standard InChI is InChI=1S/C13H16N4O/c14-9-10-5-7-16-12(8-10)15-6-1-2-13(18)17-11-3-4-11/h5,7-8,11H,1-4,6H2,(H,15,16)(H,17,18). The van der Waals surface area contributed by atoms with Crippen LogP contribution < -0.4 is 10.6 Å². The summed E-state index contributed by atoms with van der Waals surface area (Å²) < 4.78 is 0. The molecule has 0 spiro atoms. The van der Waals surface area contributed by atoms with Crippen LogP contribution in [0.2, 0.25) is 0 Å². The molecule has 1 fully saturated rings. The lowest BCUT2D eigenvalue weighted by Crippen LogP contribution is -2.25. The molecule has 1 aliphatic rings. The molecule has 0 aliphatic heterocycles. The third kappa shape index (κ3) is 4.06. The lowest BCUT2D eigenvalue weighted by molar-refractivity contribution is -0.121. The van der Waals surface area contributed by atoms with Gasteiger partial charge in [0.05, 0.1) is 11.6 Å². The highest BCUT2D eigenvalue weighted by molar-refractivity contribution is 5.76. The van der Waals surface area contributed by atoms with E-state index in [4.69, 9.17) is 5.26 Å². The Balaban J connectivity index is 1.65. The Morgan fingerprint density at radius 3 is 3.11 bits per heavy atom. The van der Waals surface area contributed by atoms with Crippen molar-refractivity contribution in [1.82, 2.24) is 10.3 Å². The monoisotopic (exact) mass is 244 g/mol. The highest BCUT2D eigenvalue weighted by atomic mass is 16.1. The topological polar surface area (TPSA) is 77.8 Å². The van der Waals surface area contributed by atoms with Gasteiger partial charge in [0.2, 0.25) is 5.91 Å². The summed E-state index contributed by atoms with van der Waals surface area (Å²) in [5.74, 6) is 0.801. The molecule has 1 heterocycles. The van der Waals surface area contributed by atoms with Crippen LogP contribution >= 0.6 is 0 Å². The molecular weight excluding hydrogens is 228 g/mol. The summed E-state index contributed by atoms with van der Waals surface area (Å²) in [5, 5.41) is 14.8. The van der Waals surface area contributed by atoms with Gasteiger partial charge in [-0.05, 0) is 31.4 Å². The van der Waals surface area contributed by atoms with Crippen LogP contribution in [0.25, 0.3) is 0 Å². The third-order valence-corrected chi connectivity index (χ3v) is 2.72. The molecule has 0 bridgehead atoms. The maximum Gasteiger partial charge on any atom is 0.220 e. The van der Waals surface area contributed by atoms with Gasteiger partial charge in [-0.15, -0.1) is 0 Å². The Hall–Kier alpha value is -2.09. The SMILES string of the molecule is N#Cc1ccnc(NCCCC(=O)NC2CC2)c1. The maximum atomic E-state index is 11.4. The molecule has 0 unspecified atom stereocenters. The number of nitrogens with one attached hydrogen (secondary N) is 2. The predicted molar refractivity (Wildman–Crippen MR) is 67.8 cm³/mol. The number of pyridine rings is 1. The highest BCUT2D eigenvalue weighted by Crippen LogP contribution is 2.18. The minimum Gasteiger partial charge on any atom is -0.370 e. The second-order valence-corrected chi connectivity index (χ2v) is 4.41. The second kappa shape index (κ2) is 6.01. The average molecular weight is 244 g/mol. The number of hydrogen-bond acceptors (Lipinski definition) is 4. The molecule has 1 aliphatic carbocycles. The zero-order valence-electron chi connectivity index (χ0n) is 10.1. The quantitative estimate of drug-likeness (QED) is 0.742. The van der Waals surface area contributed by atoms with Crippen LogP contribution in [0, 0.1) is 11.3 Å². The normalized spacial score (nSPS) is 13.7. The summed E-state index contributed by atoms with van der Waals surface area (Å²) in [6, 6.07) is 5.85. The lowest BCUT2D eigenvalue weighted by Gasteiger charge is -2.06. The van der Waals surface area contributed by atoms with Crippen molar-refractivity contribution in [3.05, 3.63) is 23.9 Å². The van der Waals surface area contributed by atoms with Crippen molar-refractivity contribution in [3.63, 3.8) is 0 Å². The van der Waals surface area contributed by atoms with Gasteiger partial charge in [-0.25, -0.2) is 4.98 Å². The molecule has 5 nitrogen and oxygen atoms in total. The fraction of sp³-hybridized carbons (Fsp3) is 0.462. The zero-order valence-corrected chi connectivity index (χ0v) is 10.1. The number of hydrogen-bond donors (Lipinski definition) is 2. The van der Waals surface area contributed by atoms with Crippen molar-refractivity contribution in [2.75, 3.05) is 11.9 Å². The Bertz CT molecular complexity index is 462. The summed E-state index contributed by atoms with van der Waals surface area (Å²) in [6.45, 7) is 0.681. The van der Waals surface area contributed by atoms with E-state index in [0.717, 1.165) is 19.3 Å². The van der Waals surface area contributed by atoms with Gasteiger partial charge in [0.15, 0.2) is 0 Å². The first-order valence-corrected chi connectivity index (χ1v) is 6.17. The van der Waals surface area contributed by atoms with Crippen LogP contribution in [-0.2, 0) is 4.79 Å². The molecule has 0 atom stereocenters. The minimum absolute atomic E-state index is 0.123. The Morgan fingerprint density at radius 2 is 2.39 bits per heavy atom. The molecule has 2 N–H and O–H groups in total. The first-order chi connectivity index (χ1) is 8.78. The Morgan fingerprint density at radius 1 is 1.56 bits per heavy atom. The number of carbonyl (C=O) groups is 1. The van der Waals surface area contributed by atoms with Crippen LogP contribution in [-0.4, -0.2) is 23.5 Å². The van der Waals surface area contributed by atoms with E-state index in [9.17, 15) is 4.79 Å². The largest absolute Gasteiger partial charge is 0.370 e. The van der Waals surface area contributed by atoms with Gasteiger partial charge in [-0.2, -0.15) is 5.26 Å². The first-order valence-electron chi connectivity index (χ1n) is 6.17. The molecule has 1 aromatic rings. The number of nitrogens with zero attached hydrogens (tertiary/aromatic N) is 2. The van der Waals surface area contributed by atoms with Gasteiger partial charge in [0.25, 0.3) is 0 Å². The summed E-state index contributed by atoms with van der Waals surface area (Å²) in [5.41, 5.74) is 0.582. The lowest BCUT2D eigenvalue weighted by atomic mass is 10.2. The van der Waals surface area contributed by atoms with Crippen LogP contribution in [0.1, 0.15) is 31.2 Å². The van der Waals surface area contributed by atoms with Crippen molar-refractivity contribution in [2.24, 2.45) is 0 Å². The predicted octanol–water partition coefficient (Wildman–Crippen LogP) is 1.42. The third-order valence-electron chi connectivity index (χ3n) is 2.72.